The fourth-order valence-electron chi connectivity index (χ4n) is 3.14. The van der Waals surface area contributed by atoms with Crippen molar-refractivity contribution in [2.24, 2.45) is 0 Å². The first-order valence-electron chi connectivity index (χ1n) is 7.91. The largest absolute Gasteiger partial charge is 0.391 e. The van der Waals surface area contributed by atoms with Gasteiger partial charge in [-0.15, -0.1) is 0 Å². The highest BCUT2D eigenvalue weighted by molar-refractivity contribution is 4.99. The second kappa shape index (κ2) is 6.68. The fraction of sp³-hybridized carbons (Fsp3) is 0.867. The third-order valence-corrected chi connectivity index (χ3v) is 4.77. The quantitative estimate of drug-likeness (QED) is 0.828. The molecule has 1 aromatic heterocycles. The van der Waals surface area contributed by atoms with Gasteiger partial charge >= 0.3 is 0 Å². The van der Waals surface area contributed by atoms with Crippen molar-refractivity contribution in [3.05, 3.63) is 12.2 Å². The second-order valence-electron chi connectivity index (χ2n) is 6.02. The molecular weight excluding hydrogens is 252 g/mol. The molecule has 1 saturated heterocycles. The molecule has 5 nitrogen and oxygen atoms in total. The molecule has 0 bridgehead atoms. The van der Waals surface area contributed by atoms with Crippen LogP contribution < -0.4 is 0 Å². The van der Waals surface area contributed by atoms with Gasteiger partial charge in [-0.2, -0.15) is 5.10 Å². The number of likely N-dealkylation sites (tertiary alicyclic amines) is 1. The zero-order valence-corrected chi connectivity index (χ0v) is 13.0. The van der Waals surface area contributed by atoms with E-state index in [9.17, 15) is 5.11 Å². The Bertz CT molecular complexity index is 414. The Hall–Kier alpha value is -0.940. The number of hydrogen-bond acceptors (Lipinski definition) is 4. The van der Waals surface area contributed by atoms with Gasteiger partial charge in [-0.3, -0.25) is 9.58 Å². The van der Waals surface area contributed by atoms with Gasteiger partial charge in [0, 0.05) is 18.5 Å². The summed E-state index contributed by atoms with van der Waals surface area (Å²) in [4.78, 5) is 6.77. The fourth-order valence-corrected chi connectivity index (χ4v) is 3.14. The van der Waals surface area contributed by atoms with Gasteiger partial charge in [0.2, 0.25) is 0 Å². The first kappa shape index (κ1) is 15.4. The molecule has 2 unspecified atom stereocenters. The molecule has 1 aromatic rings. The van der Waals surface area contributed by atoms with Gasteiger partial charge in [-0.1, -0.05) is 13.8 Å². The van der Waals surface area contributed by atoms with Gasteiger partial charge in [0.25, 0.3) is 0 Å². The number of aliphatic hydroxyl groups is 1. The lowest BCUT2D eigenvalue weighted by molar-refractivity contribution is -0.0132. The Morgan fingerprint density at radius 3 is 2.65 bits per heavy atom. The van der Waals surface area contributed by atoms with Gasteiger partial charge in [-0.25, -0.2) is 4.98 Å². The van der Waals surface area contributed by atoms with Crippen LogP contribution in [0.15, 0.2) is 6.33 Å². The summed E-state index contributed by atoms with van der Waals surface area (Å²) in [5.41, 5.74) is -0.153. The molecule has 1 fully saturated rings. The number of aliphatic hydroxyl groups excluding tert-OH is 1. The molecule has 0 spiro atoms. The monoisotopic (exact) mass is 280 g/mol. The molecule has 114 valence electrons. The lowest BCUT2D eigenvalue weighted by Crippen LogP contribution is -2.54. The minimum absolute atomic E-state index is 0.153. The molecule has 0 radical (unpaired) electrons. The summed E-state index contributed by atoms with van der Waals surface area (Å²) in [6.07, 6.45) is 6.26. The lowest BCUT2D eigenvalue weighted by Gasteiger charge is -2.42. The van der Waals surface area contributed by atoms with Gasteiger partial charge in [0.1, 0.15) is 12.2 Å². The van der Waals surface area contributed by atoms with Crippen LogP contribution >= 0.6 is 0 Å². The summed E-state index contributed by atoms with van der Waals surface area (Å²) in [5.74, 6) is 0.901. The Morgan fingerprint density at radius 1 is 1.35 bits per heavy atom. The Labute approximate surface area is 122 Å². The second-order valence-corrected chi connectivity index (χ2v) is 6.02. The number of aryl methyl sites for hydroxylation is 1. The van der Waals surface area contributed by atoms with Gasteiger partial charge < -0.3 is 5.11 Å². The van der Waals surface area contributed by atoms with Crippen molar-refractivity contribution in [1.29, 1.82) is 0 Å². The van der Waals surface area contributed by atoms with E-state index in [0.29, 0.717) is 6.42 Å². The number of hydrogen-bond donors (Lipinski definition) is 1. The maximum atomic E-state index is 10.8. The number of nitrogens with zero attached hydrogens (tertiary/aromatic N) is 4. The van der Waals surface area contributed by atoms with E-state index >= 15 is 0 Å². The standard InChI is InChI=1S/C15H28N4O/c1-4-8-19-14(16-12-17-19)11-13(20)15(3,5-2)18-9-6-7-10-18/h12-13,20H,4-11H2,1-3H3. The molecule has 2 heterocycles. The molecule has 0 amide bonds. The Kier molecular flexibility index (Phi) is 5.16. The predicted octanol–water partition coefficient (Wildman–Crippen LogP) is 1.86. The first-order valence-corrected chi connectivity index (χ1v) is 7.91. The summed E-state index contributed by atoms with van der Waals surface area (Å²) in [5, 5.41) is 15.0. The normalized spacial score (nSPS) is 21.0. The minimum atomic E-state index is -0.398. The maximum absolute atomic E-state index is 10.8. The summed E-state index contributed by atoms with van der Waals surface area (Å²) in [6.45, 7) is 9.55. The third-order valence-electron chi connectivity index (χ3n) is 4.77. The van der Waals surface area contributed by atoms with Crippen molar-refractivity contribution in [1.82, 2.24) is 19.7 Å². The molecule has 2 rings (SSSR count). The average Bonchev–Trinajstić information content (AvgIpc) is 3.10. The van der Waals surface area contributed by atoms with E-state index in [1.807, 2.05) is 4.68 Å². The van der Waals surface area contributed by atoms with E-state index in [2.05, 4.69) is 35.8 Å². The van der Waals surface area contributed by atoms with Crippen molar-refractivity contribution in [2.75, 3.05) is 13.1 Å². The summed E-state index contributed by atoms with van der Waals surface area (Å²) in [6, 6.07) is 0. The third kappa shape index (κ3) is 3.04. The van der Waals surface area contributed by atoms with E-state index < -0.39 is 6.10 Å². The lowest BCUT2D eigenvalue weighted by atomic mass is 9.87. The van der Waals surface area contributed by atoms with Crippen LogP contribution in [0.5, 0.6) is 0 Å². The van der Waals surface area contributed by atoms with E-state index in [4.69, 9.17) is 0 Å². The van der Waals surface area contributed by atoms with Crippen LogP contribution in [-0.4, -0.2) is 49.5 Å². The van der Waals surface area contributed by atoms with Crippen LogP contribution in [0.3, 0.4) is 0 Å². The molecule has 0 saturated carbocycles. The average molecular weight is 280 g/mol. The van der Waals surface area contributed by atoms with Crippen LogP contribution in [0.1, 0.15) is 52.3 Å². The summed E-state index contributed by atoms with van der Waals surface area (Å²) >= 11 is 0. The predicted molar refractivity (Wildman–Crippen MR) is 79.5 cm³/mol. The first-order chi connectivity index (χ1) is 9.61. The highest BCUT2D eigenvalue weighted by Gasteiger charge is 2.39. The maximum Gasteiger partial charge on any atom is 0.138 e. The van der Waals surface area contributed by atoms with E-state index in [1.54, 1.807) is 6.33 Å². The Morgan fingerprint density at radius 2 is 2.05 bits per heavy atom. The molecule has 1 aliphatic heterocycles. The highest BCUT2D eigenvalue weighted by atomic mass is 16.3. The number of aromatic nitrogens is 3. The zero-order chi connectivity index (χ0) is 14.6. The van der Waals surface area contributed by atoms with Crippen LogP contribution in [0, 0.1) is 0 Å². The minimum Gasteiger partial charge on any atom is -0.391 e. The van der Waals surface area contributed by atoms with Crippen molar-refractivity contribution in [3.8, 4) is 0 Å². The van der Waals surface area contributed by atoms with Gasteiger partial charge in [0.05, 0.1) is 6.10 Å². The van der Waals surface area contributed by atoms with Gasteiger partial charge in [0.15, 0.2) is 0 Å². The summed E-state index contributed by atoms with van der Waals surface area (Å²) < 4.78 is 1.92. The van der Waals surface area contributed by atoms with Crippen molar-refractivity contribution >= 4 is 0 Å². The molecule has 5 heteroatoms. The molecule has 1 aliphatic rings. The van der Waals surface area contributed by atoms with Crippen molar-refractivity contribution in [2.45, 2.75) is 71.1 Å². The molecule has 1 N–H and O–H groups in total. The smallest absolute Gasteiger partial charge is 0.138 e. The number of rotatable bonds is 7. The molecule has 0 aromatic carbocycles. The molecule has 0 aliphatic carbocycles. The van der Waals surface area contributed by atoms with E-state index in [0.717, 1.165) is 38.3 Å². The van der Waals surface area contributed by atoms with E-state index in [1.165, 1.54) is 12.8 Å². The van der Waals surface area contributed by atoms with Crippen LogP contribution in [-0.2, 0) is 13.0 Å². The van der Waals surface area contributed by atoms with Crippen LogP contribution in [0.25, 0.3) is 0 Å². The van der Waals surface area contributed by atoms with E-state index in [-0.39, 0.29) is 5.54 Å². The van der Waals surface area contributed by atoms with Crippen molar-refractivity contribution < 1.29 is 5.11 Å². The van der Waals surface area contributed by atoms with Crippen LogP contribution in [0.2, 0.25) is 0 Å². The van der Waals surface area contributed by atoms with Crippen LogP contribution in [0.4, 0.5) is 0 Å². The SMILES string of the molecule is CCCn1ncnc1CC(O)C(C)(CC)N1CCCC1. The topological polar surface area (TPSA) is 54.2 Å². The molecular formula is C15H28N4O. The zero-order valence-electron chi connectivity index (χ0n) is 13.0. The highest BCUT2D eigenvalue weighted by Crippen LogP contribution is 2.29. The molecule has 2 atom stereocenters. The van der Waals surface area contributed by atoms with Gasteiger partial charge in [-0.05, 0) is 45.7 Å². The Balaban J connectivity index is 2.08. The summed E-state index contributed by atoms with van der Waals surface area (Å²) in [7, 11) is 0. The molecule has 20 heavy (non-hydrogen) atoms. The van der Waals surface area contributed by atoms with Crippen molar-refractivity contribution in [3.63, 3.8) is 0 Å².